The van der Waals surface area contributed by atoms with Crippen molar-refractivity contribution in [3.8, 4) is 0 Å². The third kappa shape index (κ3) is 5.14. The molecule has 3 rings (SSSR count). The Hall–Kier alpha value is -1.86. The molecule has 2 atom stereocenters. The summed E-state index contributed by atoms with van der Waals surface area (Å²) in [4.78, 5) is 30.1. The van der Waals surface area contributed by atoms with Gasteiger partial charge >= 0.3 is 0 Å². The summed E-state index contributed by atoms with van der Waals surface area (Å²) in [6.45, 7) is 3.30. The van der Waals surface area contributed by atoms with Crippen molar-refractivity contribution >= 4 is 28.6 Å². The summed E-state index contributed by atoms with van der Waals surface area (Å²) >= 11 is 1.33. The molecule has 6 nitrogen and oxygen atoms in total. The van der Waals surface area contributed by atoms with E-state index in [-0.39, 0.29) is 23.3 Å². The van der Waals surface area contributed by atoms with Crippen LogP contribution in [0, 0.1) is 5.92 Å². The Labute approximate surface area is 170 Å². The average molecular weight is 404 g/mol. The number of benzene rings is 1. The molecule has 1 aliphatic carbocycles. The number of nitrogens with one attached hydrogen (secondary N) is 1. The minimum atomic E-state index is -0.0643. The van der Waals surface area contributed by atoms with Crippen LogP contribution >= 0.6 is 11.8 Å². The molecule has 1 N–H and O–H groups in total. The summed E-state index contributed by atoms with van der Waals surface area (Å²) in [6.07, 6.45) is 5.36. The van der Waals surface area contributed by atoms with E-state index in [4.69, 9.17) is 4.74 Å². The van der Waals surface area contributed by atoms with Crippen molar-refractivity contribution in [2.24, 2.45) is 5.92 Å². The van der Waals surface area contributed by atoms with E-state index in [1.165, 1.54) is 31.0 Å². The first-order valence-electron chi connectivity index (χ1n) is 10.0. The number of rotatable bonds is 8. The lowest BCUT2D eigenvalue weighted by Gasteiger charge is -2.29. The van der Waals surface area contributed by atoms with Crippen molar-refractivity contribution in [2.45, 2.75) is 56.8 Å². The van der Waals surface area contributed by atoms with Crippen molar-refractivity contribution in [3.05, 3.63) is 34.6 Å². The monoisotopic (exact) mass is 403 g/mol. The summed E-state index contributed by atoms with van der Waals surface area (Å²) in [6, 6.07) is 7.61. The molecule has 0 radical (unpaired) electrons. The molecule has 0 unspecified atom stereocenters. The maximum Gasteiger partial charge on any atom is 0.262 e. The molecule has 2 aromatic rings. The van der Waals surface area contributed by atoms with Crippen LogP contribution in [0.2, 0.25) is 0 Å². The molecule has 1 aromatic heterocycles. The third-order valence-corrected chi connectivity index (χ3v) is 6.32. The highest BCUT2D eigenvalue weighted by atomic mass is 32.2. The Kier molecular flexibility index (Phi) is 7.50. The Balaban J connectivity index is 1.74. The number of methoxy groups -OCH3 is 1. The lowest BCUT2D eigenvalue weighted by Crippen LogP contribution is -2.42. The maximum absolute atomic E-state index is 12.9. The molecule has 0 saturated heterocycles. The van der Waals surface area contributed by atoms with Gasteiger partial charge in [0.1, 0.15) is 0 Å². The maximum atomic E-state index is 12.9. The van der Waals surface area contributed by atoms with Gasteiger partial charge in [-0.15, -0.1) is 0 Å². The predicted molar refractivity (Wildman–Crippen MR) is 113 cm³/mol. The van der Waals surface area contributed by atoms with Gasteiger partial charge in [0.25, 0.3) is 5.56 Å². The van der Waals surface area contributed by atoms with E-state index in [1.54, 1.807) is 17.7 Å². The molecule has 7 heteroatoms. The normalized spacial score (nSPS) is 19.6. The highest BCUT2D eigenvalue weighted by Gasteiger charge is 2.23. The van der Waals surface area contributed by atoms with Gasteiger partial charge in [0.05, 0.1) is 16.7 Å². The smallest absolute Gasteiger partial charge is 0.262 e. The van der Waals surface area contributed by atoms with Crippen LogP contribution in [-0.4, -0.2) is 41.0 Å². The SMILES string of the molecule is COCCCn1c(SCC(=O)N[C@H]2CCCC[C@H]2C)nc2ccccc2c1=O. The number of thioether (sulfide) groups is 1. The number of carbonyl (C=O) groups excluding carboxylic acids is 1. The molecule has 0 aliphatic heterocycles. The summed E-state index contributed by atoms with van der Waals surface area (Å²) in [5, 5.41) is 4.36. The number of aromatic nitrogens is 2. The number of hydrogen-bond donors (Lipinski definition) is 1. The van der Waals surface area contributed by atoms with Crippen molar-refractivity contribution < 1.29 is 9.53 Å². The van der Waals surface area contributed by atoms with E-state index in [9.17, 15) is 9.59 Å². The standard InChI is InChI=1S/C21H29N3O3S/c1-15-8-3-5-10-17(15)22-19(25)14-28-21-23-18-11-6-4-9-16(18)20(26)24(21)12-7-13-27-2/h4,6,9,11,15,17H,3,5,7-8,10,12-14H2,1-2H3,(H,22,25)/t15-,17+/m1/s1. The van der Waals surface area contributed by atoms with Crippen molar-refractivity contribution in [2.75, 3.05) is 19.5 Å². The molecular weight excluding hydrogens is 374 g/mol. The largest absolute Gasteiger partial charge is 0.385 e. The van der Waals surface area contributed by atoms with Crippen LogP contribution in [0.1, 0.15) is 39.0 Å². The molecule has 1 heterocycles. The van der Waals surface area contributed by atoms with Crippen LogP contribution in [-0.2, 0) is 16.1 Å². The van der Waals surface area contributed by atoms with Crippen LogP contribution < -0.4 is 10.9 Å². The topological polar surface area (TPSA) is 73.2 Å². The molecule has 1 saturated carbocycles. The summed E-state index contributed by atoms with van der Waals surface area (Å²) in [5.41, 5.74) is 0.602. The summed E-state index contributed by atoms with van der Waals surface area (Å²) in [5.74, 6) is 0.793. The minimum Gasteiger partial charge on any atom is -0.385 e. The van der Waals surface area contributed by atoms with Crippen molar-refractivity contribution in [1.82, 2.24) is 14.9 Å². The molecule has 1 aromatic carbocycles. The molecule has 1 fully saturated rings. The van der Waals surface area contributed by atoms with Gasteiger partial charge in [0.2, 0.25) is 5.91 Å². The van der Waals surface area contributed by atoms with Gasteiger partial charge in [-0.2, -0.15) is 0 Å². The zero-order chi connectivity index (χ0) is 19.9. The Morgan fingerprint density at radius 3 is 2.89 bits per heavy atom. The Morgan fingerprint density at radius 1 is 1.32 bits per heavy atom. The number of fused-ring (bicyclic) bond motifs is 1. The summed E-state index contributed by atoms with van der Waals surface area (Å²) < 4.78 is 6.79. The lowest BCUT2D eigenvalue weighted by atomic mass is 9.86. The second-order valence-electron chi connectivity index (χ2n) is 7.44. The van der Waals surface area contributed by atoms with Crippen LogP contribution in [0.3, 0.4) is 0 Å². The van der Waals surface area contributed by atoms with Gasteiger partial charge in [-0.3, -0.25) is 14.2 Å². The zero-order valence-electron chi connectivity index (χ0n) is 16.6. The minimum absolute atomic E-state index is 0.00889. The number of carbonyl (C=O) groups is 1. The molecule has 0 bridgehead atoms. The number of para-hydroxylation sites is 1. The van der Waals surface area contributed by atoms with Gasteiger partial charge in [-0.05, 0) is 37.3 Å². The second-order valence-corrected chi connectivity index (χ2v) is 8.38. The van der Waals surface area contributed by atoms with E-state index < -0.39 is 0 Å². The lowest BCUT2D eigenvalue weighted by molar-refractivity contribution is -0.119. The van der Waals surface area contributed by atoms with Gasteiger partial charge in [-0.1, -0.05) is 43.7 Å². The van der Waals surface area contributed by atoms with E-state index in [2.05, 4.69) is 17.2 Å². The van der Waals surface area contributed by atoms with Crippen LogP contribution in [0.4, 0.5) is 0 Å². The molecule has 1 aliphatic rings. The quantitative estimate of drug-likeness (QED) is 0.416. The van der Waals surface area contributed by atoms with Crippen LogP contribution in [0.15, 0.2) is 34.2 Å². The Bertz CT molecular complexity index is 868. The van der Waals surface area contributed by atoms with Gasteiger partial charge < -0.3 is 10.1 Å². The fraction of sp³-hybridized carbons (Fsp3) is 0.571. The first-order valence-corrected chi connectivity index (χ1v) is 11.0. The van der Waals surface area contributed by atoms with E-state index in [0.29, 0.717) is 35.1 Å². The highest BCUT2D eigenvalue weighted by molar-refractivity contribution is 7.99. The highest BCUT2D eigenvalue weighted by Crippen LogP contribution is 2.24. The number of amides is 1. The van der Waals surface area contributed by atoms with Crippen LogP contribution in [0.25, 0.3) is 10.9 Å². The van der Waals surface area contributed by atoms with Gasteiger partial charge in [-0.25, -0.2) is 4.98 Å². The Morgan fingerprint density at radius 2 is 2.11 bits per heavy atom. The molecular formula is C21H29N3O3S. The van der Waals surface area contributed by atoms with Crippen molar-refractivity contribution in [1.29, 1.82) is 0 Å². The second kappa shape index (κ2) is 10.1. The van der Waals surface area contributed by atoms with Crippen molar-refractivity contribution in [3.63, 3.8) is 0 Å². The fourth-order valence-corrected chi connectivity index (χ4v) is 4.57. The van der Waals surface area contributed by atoms with E-state index >= 15 is 0 Å². The number of hydrogen-bond acceptors (Lipinski definition) is 5. The first kappa shape index (κ1) is 20.9. The first-order chi connectivity index (χ1) is 13.6. The van der Waals surface area contributed by atoms with Gasteiger partial charge in [0, 0.05) is 26.3 Å². The van der Waals surface area contributed by atoms with E-state index in [1.807, 2.05) is 18.2 Å². The fourth-order valence-electron chi connectivity index (χ4n) is 3.73. The molecule has 152 valence electrons. The third-order valence-electron chi connectivity index (χ3n) is 5.35. The molecule has 0 spiro atoms. The zero-order valence-corrected chi connectivity index (χ0v) is 17.5. The summed E-state index contributed by atoms with van der Waals surface area (Å²) in [7, 11) is 1.65. The van der Waals surface area contributed by atoms with E-state index in [0.717, 1.165) is 12.8 Å². The molecule has 1 amide bonds. The van der Waals surface area contributed by atoms with Crippen LogP contribution in [0.5, 0.6) is 0 Å². The average Bonchev–Trinajstić information content (AvgIpc) is 2.70. The predicted octanol–water partition coefficient (Wildman–Crippen LogP) is 3.22. The number of nitrogens with zero attached hydrogens (tertiary/aromatic N) is 2. The number of ether oxygens (including phenoxy) is 1. The van der Waals surface area contributed by atoms with Gasteiger partial charge in [0.15, 0.2) is 5.16 Å². The molecule has 28 heavy (non-hydrogen) atoms.